The van der Waals surface area contributed by atoms with Crippen molar-refractivity contribution in [2.75, 3.05) is 4.90 Å². The second-order valence-corrected chi connectivity index (χ2v) is 17.8. The van der Waals surface area contributed by atoms with Gasteiger partial charge in [-0.05, 0) is 103 Å². The topological polar surface area (TPSA) is 3.24 Å². The minimum absolute atomic E-state index is 0.464. The number of hydrogen-bond donors (Lipinski definition) is 0. The molecule has 0 saturated carbocycles. The van der Waals surface area contributed by atoms with Crippen molar-refractivity contribution < 1.29 is 0 Å². The van der Waals surface area contributed by atoms with Crippen molar-refractivity contribution in [2.24, 2.45) is 0 Å². The normalized spacial score (nSPS) is 12.9. The van der Waals surface area contributed by atoms with Crippen LogP contribution in [-0.2, 0) is 5.41 Å². The molecule has 2 heteroatoms. The van der Waals surface area contributed by atoms with E-state index in [0.717, 1.165) is 17.1 Å². The van der Waals surface area contributed by atoms with Crippen molar-refractivity contribution in [2.45, 2.75) is 5.41 Å². The molecule has 0 radical (unpaired) electrons. The Morgan fingerprint density at radius 2 is 0.778 bits per heavy atom. The molecule has 0 fully saturated rings. The minimum atomic E-state index is -0.464. The molecule has 0 amide bonds. The van der Waals surface area contributed by atoms with Crippen LogP contribution in [0.5, 0.6) is 0 Å². The van der Waals surface area contributed by atoms with E-state index in [1.54, 1.807) is 0 Å². The number of para-hydroxylation sites is 2. The largest absolute Gasteiger partial charge is 0.309 e. The Balaban J connectivity index is 1.09. The van der Waals surface area contributed by atoms with Crippen molar-refractivity contribution in [3.05, 3.63) is 259 Å². The summed E-state index contributed by atoms with van der Waals surface area (Å²) in [5.41, 5.74) is 20.6. The maximum absolute atomic E-state index is 2.53. The molecule has 0 bridgehead atoms. The molecule has 294 valence electrons. The Bertz CT molecular complexity index is 3510. The van der Waals surface area contributed by atoms with Crippen molar-refractivity contribution in [1.82, 2.24) is 0 Å². The van der Waals surface area contributed by atoms with Crippen molar-refractivity contribution in [1.29, 1.82) is 0 Å². The van der Waals surface area contributed by atoms with Gasteiger partial charge in [-0.15, -0.1) is 11.3 Å². The summed E-state index contributed by atoms with van der Waals surface area (Å²) in [4.78, 5) is 2.53. The molecule has 2 aliphatic carbocycles. The van der Waals surface area contributed by atoms with E-state index >= 15 is 0 Å². The lowest BCUT2D eigenvalue weighted by molar-refractivity contribution is 0.793. The zero-order valence-corrected chi connectivity index (χ0v) is 35.2. The Morgan fingerprint density at radius 1 is 0.302 bits per heavy atom. The van der Waals surface area contributed by atoms with Crippen LogP contribution in [0.4, 0.5) is 17.1 Å². The molecule has 1 nitrogen and oxygen atoms in total. The summed E-state index contributed by atoms with van der Waals surface area (Å²) in [6.45, 7) is 0. The van der Waals surface area contributed by atoms with Gasteiger partial charge in [0.15, 0.2) is 0 Å². The first-order valence-corrected chi connectivity index (χ1v) is 22.6. The van der Waals surface area contributed by atoms with E-state index in [1.807, 2.05) is 11.3 Å². The van der Waals surface area contributed by atoms with E-state index in [1.165, 1.54) is 98.1 Å². The van der Waals surface area contributed by atoms with Crippen LogP contribution in [0.3, 0.4) is 0 Å². The van der Waals surface area contributed by atoms with Crippen LogP contribution in [-0.4, -0.2) is 0 Å². The number of nitrogens with zero attached hydrogens (tertiary/aromatic N) is 1. The smallest absolute Gasteiger partial charge is 0.0726 e. The molecule has 13 rings (SSSR count). The Labute approximate surface area is 371 Å². The number of thiophene rings is 1. The second kappa shape index (κ2) is 14.1. The van der Waals surface area contributed by atoms with Gasteiger partial charge < -0.3 is 4.90 Å². The molecular weight excluding hydrogens is 779 g/mol. The minimum Gasteiger partial charge on any atom is -0.309 e. The van der Waals surface area contributed by atoms with Crippen LogP contribution in [0.2, 0.25) is 0 Å². The summed E-state index contributed by atoms with van der Waals surface area (Å²) >= 11 is 1.87. The summed E-state index contributed by atoms with van der Waals surface area (Å²) in [7, 11) is 0. The molecule has 0 saturated heterocycles. The fraction of sp³-hybridized carbons (Fsp3) is 0.0164. The van der Waals surface area contributed by atoms with Gasteiger partial charge in [0.1, 0.15) is 0 Å². The van der Waals surface area contributed by atoms with Gasteiger partial charge in [0.05, 0.1) is 16.8 Å². The van der Waals surface area contributed by atoms with Crippen LogP contribution in [0.1, 0.15) is 22.3 Å². The van der Waals surface area contributed by atoms with Gasteiger partial charge in [-0.25, -0.2) is 0 Å². The van der Waals surface area contributed by atoms with Gasteiger partial charge in [0.25, 0.3) is 0 Å². The standard InChI is InChI=1S/C61H39NS/c1-2-17-40(18-3-1)41-33-35-42(36-34-41)44-19-7-13-29-56(44)62(57-30-14-8-23-49(57)50-25-16-32-59-60(50)51-24-9-15-31-58(51)63-59)43-37-38-48-47-22-6-12-28-54(47)61(55(48)39-43)52-26-10-4-20-45(52)46-21-5-11-27-53(46)61/h1-39H. The van der Waals surface area contributed by atoms with Gasteiger partial charge in [-0.1, -0.05) is 200 Å². The number of rotatable bonds is 6. The van der Waals surface area contributed by atoms with E-state index in [4.69, 9.17) is 0 Å². The third-order valence-electron chi connectivity index (χ3n) is 13.5. The average Bonchev–Trinajstić information content (AvgIpc) is 3.99. The molecule has 63 heavy (non-hydrogen) atoms. The Morgan fingerprint density at radius 3 is 1.46 bits per heavy atom. The molecule has 0 N–H and O–H groups in total. The number of fused-ring (bicyclic) bond motifs is 13. The molecule has 10 aromatic carbocycles. The molecule has 1 heterocycles. The zero-order chi connectivity index (χ0) is 41.5. The van der Waals surface area contributed by atoms with Gasteiger partial charge in [-0.2, -0.15) is 0 Å². The summed E-state index contributed by atoms with van der Waals surface area (Å²) in [6.07, 6.45) is 0. The molecule has 11 aromatic rings. The predicted molar refractivity (Wildman–Crippen MR) is 267 cm³/mol. The van der Waals surface area contributed by atoms with E-state index in [-0.39, 0.29) is 0 Å². The zero-order valence-electron chi connectivity index (χ0n) is 34.4. The summed E-state index contributed by atoms with van der Waals surface area (Å²) in [6, 6.07) is 87.8. The highest BCUT2D eigenvalue weighted by molar-refractivity contribution is 7.25. The molecule has 1 spiro atoms. The first-order chi connectivity index (χ1) is 31.3. The first-order valence-electron chi connectivity index (χ1n) is 21.8. The van der Waals surface area contributed by atoms with E-state index in [0.29, 0.717) is 0 Å². The monoisotopic (exact) mass is 817 g/mol. The van der Waals surface area contributed by atoms with E-state index < -0.39 is 5.41 Å². The summed E-state index contributed by atoms with van der Waals surface area (Å²) in [5.74, 6) is 0. The van der Waals surface area contributed by atoms with E-state index in [2.05, 4.69) is 241 Å². The van der Waals surface area contributed by atoms with Gasteiger partial charge in [0, 0.05) is 37.0 Å². The highest BCUT2D eigenvalue weighted by atomic mass is 32.1. The highest BCUT2D eigenvalue weighted by Gasteiger charge is 2.51. The fourth-order valence-corrected chi connectivity index (χ4v) is 12.0. The maximum atomic E-state index is 2.53. The van der Waals surface area contributed by atoms with E-state index in [9.17, 15) is 0 Å². The van der Waals surface area contributed by atoms with Crippen LogP contribution < -0.4 is 4.90 Å². The SMILES string of the molecule is c1ccc(-c2ccc(-c3ccccc3N(c3ccc4c(c3)C3(c5ccccc5-c5ccccc53)c3ccccc3-4)c3ccccc3-c3cccc4sc5ccccc5c34)cc2)cc1. The van der Waals surface area contributed by atoms with Crippen LogP contribution in [0.15, 0.2) is 237 Å². The number of anilines is 3. The summed E-state index contributed by atoms with van der Waals surface area (Å²) in [5, 5.41) is 2.60. The van der Waals surface area contributed by atoms with Crippen molar-refractivity contribution in [3.63, 3.8) is 0 Å². The lowest BCUT2D eigenvalue weighted by atomic mass is 9.70. The Hall–Kier alpha value is -7.78. The lowest BCUT2D eigenvalue weighted by Gasteiger charge is -2.33. The van der Waals surface area contributed by atoms with Gasteiger partial charge in [-0.3, -0.25) is 0 Å². The highest BCUT2D eigenvalue weighted by Crippen LogP contribution is 2.63. The molecular formula is C61H39NS. The van der Waals surface area contributed by atoms with Crippen LogP contribution in [0.25, 0.3) is 75.8 Å². The fourth-order valence-electron chi connectivity index (χ4n) is 10.9. The average molecular weight is 818 g/mol. The maximum Gasteiger partial charge on any atom is 0.0726 e. The first kappa shape index (κ1) is 35.9. The van der Waals surface area contributed by atoms with Crippen molar-refractivity contribution in [3.8, 4) is 55.6 Å². The second-order valence-electron chi connectivity index (χ2n) is 16.7. The molecule has 0 unspecified atom stereocenters. The summed E-state index contributed by atoms with van der Waals surface area (Å²) < 4.78 is 2.60. The Kier molecular flexibility index (Phi) is 8.06. The molecule has 0 atom stereocenters. The van der Waals surface area contributed by atoms with Crippen LogP contribution in [0, 0.1) is 0 Å². The molecule has 0 aliphatic heterocycles. The molecule has 1 aromatic heterocycles. The predicted octanol–water partition coefficient (Wildman–Crippen LogP) is 16.9. The lowest BCUT2D eigenvalue weighted by Crippen LogP contribution is -2.26. The van der Waals surface area contributed by atoms with Gasteiger partial charge >= 0.3 is 0 Å². The quantitative estimate of drug-likeness (QED) is 0.162. The third-order valence-corrected chi connectivity index (χ3v) is 14.7. The molecule has 2 aliphatic rings. The van der Waals surface area contributed by atoms with Gasteiger partial charge in [0.2, 0.25) is 0 Å². The number of benzene rings is 10. The number of hydrogen-bond acceptors (Lipinski definition) is 2. The van der Waals surface area contributed by atoms with Crippen molar-refractivity contribution >= 4 is 48.6 Å². The third kappa shape index (κ3) is 5.29. The van der Waals surface area contributed by atoms with Crippen LogP contribution >= 0.6 is 11.3 Å².